The lowest BCUT2D eigenvalue weighted by Crippen LogP contribution is -2.57. The summed E-state index contributed by atoms with van der Waals surface area (Å²) in [7, 11) is -3.71. The number of hydrogen-bond donors (Lipinski definition) is 2. The molecule has 0 aromatic heterocycles. The molecule has 3 fully saturated rings. The van der Waals surface area contributed by atoms with Crippen molar-refractivity contribution in [3.63, 3.8) is 0 Å². The Balaban J connectivity index is 1.24. The first-order chi connectivity index (χ1) is 24.6. The summed E-state index contributed by atoms with van der Waals surface area (Å²) >= 11 is 6.31. The van der Waals surface area contributed by atoms with Gasteiger partial charge in [-0.3, -0.25) is 24.1 Å². The number of carbonyl (C=O) groups is 5. The Kier molecular flexibility index (Phi) is 11.0. The van der Waals surface area contributed by atoms with Crippen molar-refractivity contribution in [2.75, 3.05) is 12.3 Å². The number of fused-ring (bicyclic) bond motifs is 3. The largest absolute Gasteiger partial charge is 0.444 e. The molecule has 284 valence electrons. The van der Waals surface area contributed by atoms with Gasteiger partial charge in [-0.15, -0.1) is 0 Å². The maximum absolute atomic E-state index is 14.2. The smallest absolute Gasteiger partial charge is 0.410 e. The van der Waals surface area contributed by atoms with E-state index >= 15 is 0 Å². The Morgan fingerprint density at radius 3 is 2.56 bits per heavy atom. The number of allylic oxidation sites excluding steroid dienone is 1. The monoisotopic (exact) mass is 770 g/mol. The summed E-state index contributed by atoms with van der Waals surface area (Å²) in [6.07, 6.45) is -1.54. The summed E-state index contributed by atoms with van der Waals surface area (Å²) in [4.78, 5) is 70.6. The minimum Gasteiger partial charge on any atom is -0.444 e. The van der Waals surface area contributed by atoms with Crippen molar-refractivity contribution in [3.05, 3.63) is 46.5 Å². The molecule has 3 heterocycles. The van der Waals surface area contributed by atoms with Crippen molar-refractivity contribution < 1.29 is 50.3 Å². The van der Waals surface area contributed by atoms with Crippen LogP contribution >= 0.6 is 11.6 Å². The lowest BCUT2D eigenvalue weighted by molar-refractivity contribution is -0.146. The normalized spacial score (nSPS) is 28.8. The number of rotatable bonds is 8. The highest BCUT2D eigenvalue weighted by molar-refractivity contribution is 7.93. The van der Waals surface area contributed by atoms with E-state index in [0.29, 0.717) is 43.5 Å². The topological polar surface area (TPSA) is 159 Å². The van der Waals surface area contributed by atoms with E-state index in [0.717, 1.165) is 16.0 Å². The van der Waals surface area contributed by atoms with Gasteiger partial charge >= 0.3 is 12.3 Å². The third-order valence-electron chi connectivity index (χ3n) is 10.5. The van der Waals surface area contributed by atoms with Crippen molar-refractivity contribution >= 4 is 51.0 Å². The van der Waals surface area contributed by atoms with Gasteiger partial charge in [-0.2, -0.15) is 13.2 Å². The van der Waals surface area contributed by atoms with Gasteiger partial charge in [0.25, 0.3) is 0 Å². The maximum atomic E-state index is 14.2. The number of nitrogens with zero attached hydrogens (tertiary/aromatic N) is 2. The fraction of sp³-hybridized carbons (Fsp3) is 0.629. The van der Waals surface area contributed by atoms with Crippen LogP contribution in [0.4, 0.5) is 18.0 Å². The van der Waals surface area contributed by atoms with Gasteiger partial charge in [0.1, 0.15) is 29.5 Å². The summed E-state index contributed by atoms with van der Waals surface area (Å²) in [6.45, 7) is 0.144. The lowest BCUT2D eigenvalue weighted by atomic mass is 10.0. The predicted molar refractivity (Wildman–Crippen MR) is 181 cm³/mol. The Labute approximate surface area is 304 Å². The number of Topliss-reactive ketones (excluding diaryl/α,β-unsaturated/α-hetero) is 1. The quantitative estimate of drug-likeness (QED) is 0.374. The molecule has 1 aromatic rings. The van der Waals surface area contributed by atoms with Crippen molar-refractivity contribution in [2.24, 2.45) is 5.92 Å². The average molecular weight is 771 g/mol. The molecular weight excluding hydrogens is 729 g/mol. The molecule has 0 radical (unpaired) electrons. The number of sulfone groups is 1. The molecule has 52 heavy (non-hydrogen) atoms. The zero-order valence-corrected chi connectivity index (χ0v) is 30.0. The fourth-order valence-corrected chi connectivity index (χ4v) is 9.31. The van der Waals surface area contributed by atoms with Gasteiger partial charge in [-0.05, 0) is 55.7 Å². The Hall–Kier alpha value is -3.66. The third kappa shape index (κ3) is 8.75. The van der Waals surface area contributed by atoms with Crippen molar-refractivity contribution in [1.29, 1.82) is 0 Å². The van der Waals surface area contributed by atoms with E-state index in [1.54, 1.807) is 18.2 Å². The number of benzene rings is 1. The second kappa shape index (κ2) is 15.0. The van der Waals surface area contributed by atoms with Gasteiger partial charge in [0, 0.05) is 30.3 Å². The van der Waals surface area contributed by atoms with Crippen molar-refractivity contribution in [1.82, 2.24) is 20.4 Å². The Morgan fingerprint density at radius 1 is 1.08 bits per heavy atom. The summed E-state index contributed by atoms with van der Waals surface area (Å²) in [6, 6.07) is 2.73. The van der Waals surface area contributed by atoms with Crippen LogP contribution in [0.15, 0.2) is 30.4 Å². The van der Waals surface area contributed by atoms with E-state index in [2.05, 4.69) is 10.6 Å². The fourth-order valence-electron chi connectivity index (χ4n) is 7.34. The molecule has 1 saturated heterocycles. The standard InChI is InChI=1S/C35H42ClF3N4O8S/c36-26-9-6-7-21-17-42(19-25(21)26)33(48)51-23-15-28-31(46)41-34(29(44)20-52(49,50)24-11-12-24)16-22(34)8-4-2-1-3-5-10-27(32(47)43(28)18-23)40-30(45)13-14-35(37,38)39/h4,6-9,22-24,27-28H,1-3,5,10-20H2,(H,40,45)(H,41,46)/b8-4-/t22-,23-,27+,28+,34-/m1/s1. The van der Waals surface area contributed by atoms with Crippen LogP contribution in [-0.4, -0.2) is 95.3 Å². The summed E-state index contributed by atoms with van der Waals surface area (Å²) in [5.74, 6) is -4.33. The molecule has 5 aliphatic rings. The summed E-state index contributed by atoms with van der Waals surface area (Å²) in [5.41, 5.74) is 0.102. The van der Waals surface area contributed by atoms with E-state index in [1.165, 1.54) is 4.90 Å². The number of nitrogens with one attached hydrogen (secondary N) is 2. The SMILES string of the molecule is O=C(CCC(F)(F)F)N[C@H]1CCCCC/C=C\[C@@H]2C[C@@]2(C(=O)CS(=O)(=O)C2CC2)NC(=O)[C@@H]2C[C@@H](OC(=O)N3Cc4cccc(Cl)c4C3)CN2C1=O. The van der Waals surface area contributed by atoms with Crippen LogP contribution in [0.1, 0.15) is 81.8 Å². The summed E-state index contributed by atoms with van der Waals surface area (Å²) in [5, 5.41) is 5.12. The van der Waals surface area contributed by atoms with Crippen molar-refractivity contribution in [3.8, 4) is 0 Å². The van der Waals surface area contributed by atoms with Crippen molar-refractivity contribution in [2.45, 2.75) is 119 Å². The van der Waals surface area contributed by atoms with Crippen LogP contribution < -0.4 is 10.6 Å². The molecule has 17 heteroatoms. The molecular formula is C35H42ClF3N4O8S. The first-order valence-electron chi connectivity index (χ1n) is 17.7. The van der Waals surface area contributed by atoms with Crippen LogP contribution in [0.3, 0.4) is 0 Å². The van der Waals surface area contributed by atoms with Crippen LogP contribution in [0.25, 0.3) is 0 Å². The Bertz CT molecular complexity index is 1750. The first-order valence-corrected chi connectivity index (χ1v) is 19.8. The molecule has 0 unspecified atom stereocenters. The molecule has 2 saturated carbocycles. The molecule has 5 atom stereocenters. The van der Waals surface area contributed by atoms with Gasteiger partial charge < -0.3 is 20.3 Å². The van der Waals surface area contributed by atoms with Crippen LogP contribution in [0.5, 0.6) is 0 Å². The maximum Gasteiger partial charge on any atom is 0.410 e. The van der Waals surface area contributed by atoms with E-state index in [1.807, 2.05) is 12.1 Å². The van der Waals surface area contributed by atoms with E-state index < -0.39 is 99.1 Å². The zero-order chi connectivity index (χ0) is 37.4. The highest BCUT2D eigenvalue weighted by atomic mass is 35.5. The molecule has 3 aliphatic heterocycles. The number of amides is 4. The molecule has 4 amide bonds. The highest BCUT2D eigenvalue weighted by Crippen LogP contribution is 2.47. The third-order valence-corrected chi connectivity index (χ3v) is 13.0. The predicted octanol–water partition coefficient (Wildman–Crippen LogP) is 4.13. The van der Waals surface area contributed by atoms with E-state index in [9.17, 15) is 45.6 Å². The second-order valence-corrected chi connectivity index (χ2v) is 17.2. The van der Waals surface area contributed by atoms with Crippen LogP contribution in [0, 0.1) is 5.92 Å². The van der Waals surface area contributed by atoms with Gasteiger partial charge in [0.2, 0.25) is 17.7 Å². The molecule has 1 aromatic carbocycles. The second-order valence-electron chi connectivity index (χ2n) is 14.5. The van der Waals surface area contributed by atoms with Crippen LogP contribution in [0.2, 0.25) is 5.02 Å². The highest BCUT2D eigenvalue weighted by Gasteiger charge is 2.61. The van der Waals surface area contributed by atoms with Gasteiger partial charge in [0.15, 0.2) is 15.6 Å². The van der Waals surface area contributed by atoms with E-state index in [-0.39, 0.29) is 38.9 Å². The lowest BCUT2D eigenvalue weighted by Gasteiger charge is -2.30. The molecule has 0 bridgehead atoms. The number of ether oxygens (including phenoxy) is 1. The average Bonchev–Trinajstić information content (AvgIpc) is 3.96. The number of hydrogen-bond acceptors (Lipinski definition) is 8. The minimum atomic E-state index is -4.58. The Morgan fingerprint density at radius 2 is 1.85 bits per heavy atom. The molecule has 6 rings (SSSR count). The zero-order valence-electron chi connectivity index (χ0n) is 28.5. The van der Waals surface area contributed by atoms with Gasteiger partial charge in [-0.25, -0.2) is 13.2 Å². The molecule has 2 N–H and O–H groups in total. The molecule has 2 aliphatic carbocycles. The number of halogens is 4. The first kappa shape index (κ1) is 38.1. The van der Waals surface area contributed by atoms with Gasteiger partial charge in [0.05, 0.1) is 24.8 Å². The van der Waals surface area contributed by atoms with Gasteiger partial charge in [-0.1, -0.05) is 48.7 Å². The van der Waals surface area contributed by atoms with E-state index in [4.69, 9.17) is 16.3 Å². The molecule has 12 nitrogen and oxygen atoms in total. The number of ketones is 1. The number of carbonyl (C=O) groups excluding carboxylic acids is 5. The minimum absolute atomic E-state index is 0.0898. The number of alkyl halides is 3. The van der Waals surface area contributed by atoms with Crippen LogP contribution in [-0.2, 0) is 46.8 Å². The summed E-state index contributed by atoms with van der Waals surface area (Å²) < 4.78 is 70.1. The molecule has 0 spiro atoms.